The van der Waals surface area contributed by atoms with Crippen molar-refractivity contribution in [2.75, 3.05) is 5.75 Å². The number of hydrogen-bond donors (Lipinski definition) is 2. The Hall–Kier alpha value is -0.520. The van der Waals surface area contributed by atoms with Crippen LogP contribution in [0, 0.1) is 0 Å². The molecule has 0 saturated carbocycles. The number of thiol groups is 1. The Balaban J connectivity index is 3.68. The van der Waals surface area contributed by atoms with E-state index >= 15 is 0 Å². The van der Waals surface area contributed by atoms with E-state index in [1.54, 1.807) is 0 Å². The summed E-state index contributed by atoms with van der Waals surface area (Å²) in [6.45, 7) is 14.3. The lowest BCUT2D eigenvalue weighted by atomic mass is 9.89. The van der Waals surface area contributed by atoms with Crippen LogP contribution in [0.25, 0.3) is 0 Å². The lowest BCUT2D eigenvalue weighted by Crippen LogP contribution is -2.35. The second-order valence-corrected chi connectivity index (χ2v) is 9.21. The summed E-state index contributed by atoms with van der Waals surface area (Å²) >= 11 is 4.19. The Morgan fingerprint density at radius 3 is 1.65 bits per heavy atom. The standard InChI is InChI=1S/C18H31NO2S2/c1-11(2)15-8-16(12(3)4)18(17(9-15)13(5)6)23(20,21)19-14(7)10-22/h8-9,11-14,19,22H,10H2,1-7H3/t14-/m1/s1. The second-order valence-electron chi connectivity index (χ2n) is 7.20. The van der Waals surface area contributed by atoms with Gasteiger partial charge in [-0.3, -0.25) is 0 Å². The molecule has 0 heterocycles. The van der Waals surface area contributed by atoms with Gasteiger partial charge in [-0.15, -0.1) is 0 Å². The molecule has 0 unspecified atom stereocenters. The average molecular weight is 358 g/mol. The van der Waals surface area contributed by atoms with Gasteiger partial charge in [-0.25, -0.2) is 13.1 Å². The molecule has 1 atom stereocenters. The van der Waals surface area contributed by atoms with Crippen molar-refractivity contribution < 1.29 is 8.42 Å². The van der Waals surface area contributed by atoms with E-state index in [-0.39, 0.29) is 17.9 Å². The van der Waals surface area contributed by atoms with Crippen molar-refractivity contribution in [3.63, 3.8) is 0 Å². The summed E-state index contributed by atoms with van der Waals surface area (Å²) in [5.74, 6) is 1.12. The first kappa shape index (κ1) is 20.5. The van der Waals surface area contributed by atoms with Crippen LogP contribution in [0.4, 0.5) is 0 Å². The fraction of sp³-hybridized carbons (Fsp3) is 0.667. The third-order valence-corrected chi connectivity index (χ3v) is 6.25. The van der Waals surface area contributed by atoms with Crippen molar-refractivity contribution in [1.82, 2.24) is 4.72 Å². The highest BCUT2D eigenvalue weighted by Crippen LogP contribution is 2.35. The minimum absolute atomic E-state index is 0.143. The highest BCUT2D eigenvalue weighted by Gasteiger charge is 2.27. The fourth-order valence-corrected chi connectivity index (χ4v) is 4.72. The molecule has 1 rings (SSSR count). The Bertz CT molecular complexity index is 605. The van der Waals surface area contributed by atoms with Crippen LogP contribution in [0.2, 0.25) is 0 Å². The number of hydrogen-bond acceptors (Lipinski definition) is 3. The molecule has 1 aromatic rings. The SMILES string of the molecule is CC(C)c1cc(C(C)C)c(S(=O)(=O)N[C@H](C)CS)c(C(C)C)c1. The fourth-order valence-electron chi connectivity index (χ4n) is 2.56. The molecule has 1 aromatic carbocycles. The molecule has 0 saturated heterocycles. The van der Waals surface area contributed by atoms with Crippen molar-refractivity contribution >= 4 is 22.7 Å². The van der Waals surface area contributed by atoms with E-state index in [0.717, 1.165) is 11.1 Å². The summed E-state index contributed by atoms with van der Waals surface area (Å²) in [7, 11) is -3.56. The monoisotopic (exact) mass is 357 g/mol. The van der Waals surface area contributed by atoms with Gasteiger partial charge >= 0.3 is 0 Å². The Morgan fingerprint density at radius 2 is 1.35 bits per heavy atom. The van der Waals surface area contributed by atoms with E-state index in [1.165, 1.54) is 5.56 Å². The molecule has 0 aliphatic rings. The third-order valence-electron chi connectivity index (χ3n) is 3.98. The molecule has 5 heteroatoms. The summed E-state index contributed by atoms with van der Waals surface area (Å²) in [5.41, 5.74) is 3.00. The molecule has 23 heavy (non-hydrogen) atoms. The molecule has 3 nitrogen and oxygen atoms in total. The van der Waals surface area contributed by atoms with Crippen molar-refractivity contribution in [1.29, 1.82) is 0 Å². The maximum Gasteiger partial charge on any atom is 0.241 e. The van der Waals surface area contributed by atoms with E-state index in [2.05, 4.69) is 43.3 Å². The summed E-state index contributed by atoms with van der Waals surface area (Å²) in [6, 6.07) is 3.91. The topological polar surface area (TPSA) is 46.2 Å². The zero-order chi connectivity index (χ0) is 17.9. The van der Waals surface area contributed by atoms with Gasteiger partial charge in [0.05, 0.1) is 4.90 Å². The first-order chi connectivity index (χ1) is 10.5. The Morgan fingerprint density at radius 1 is 0.913 bits per heavy atom. The van der Waals surface area contributed by atoms with Gasteiger partial charge in [0.25, 0.3) is 0 Å². The highest BCUT2D eigenvalue weighted by atomic mass is 32.2. The number of sulfonamides is 1. The molecule has 1 N–H and O–H groups in total. The molecule has 0 aliphatic carbocycles. The summed E-state index contributed by atoms with van der Waals surface area (Å²) in [4.78, 5) is 0.459. The third kappa shape index (κ3) is 4.97. The van der Waals surface area contributed by atoms with E-state index in [9.17, 15) is 8.42 Å². The Labute approximate surface area is 147 Å². The van der Waals surface area contributed by atoms with Gasteiger partial charge in [0.15, 0.2) is 0 Å². The van der Waals surface area contributed by atoms with Gasteiger partial charge in [0, 0.05) is 11.8 Å². The predicted molar refractivity (Wildman–Crippen MR) is 102 cm³/mol. The first-order valence-electron chi connectivity index (χ1n) is 8.32. The average Bonchev–Trinajstić information content (AvgIpc) is 2.44. The van der Waals surface area contributed by atoms with Crippen molar-refractivity contribution in [2.24, 2.45) is 0 Å². The van der Waals surface area contributed by atoms with E-state index in [4.69, 9.17) is 0 Å². The lowest BCUT2D eigenvalue weighted by molar-refractivity contribution is 0.566. The highest BCUT2D eigenvalue weighted by molar-refractivity contribution is 7.89. The summed E-state index contributed by atoms with van der Waals surface area (Å²) in [5, 5.41) is 0. The van der Waals surface area contributed by atoms with Gasteiger partial charge in [-0.05, 0) is 41.4 Å². The van der Waals surface area contributed by atoms with Crippen LogP contribution in [0.15, 0.2) is 17.0 Å². The molecular weight excluding hydrogens is 326 g/mol. The summed E-state index contributed by atoms with van der Waals surface area (Å²) in [6.07, 6.45) is 0. The van der Waals surface area contributed by atoms with Gasteiger partial charge in [0.2, 0.25) is 10.0 Å². The maximum absolute atomic E-state index is 13.0. The molecule has 0 aliphatic heterocycles. The van der Waals surface area contributed by atoms with Crippen molar-refractivity contribution in [3.05, 3.63) is 28.8 Å². The smallest absolute Gasteiger partial charge is 0.208 e. The van der Waals surface area contributed by atoms with Gasteiger partial charge in [-0.2, -0.15) is 12.6 Å². The van der Waals surface area contributed by atoms with Crippen molar-refractivity contribution in [3.8, 4) is 0 Å². The van der Waals surface area contributed by atoms with Gasteiger partial charge in [0.1, 0.15) is 0 Å². The van der Waals surface area contributed by atoms with E-state index < -0.39 is 10.0 Å². The van der Waals surface area contributed by atoms with Crippen LogP contribution in [0.3, 0.4) is 0 Å². The molecule has 0 fully saturated rings. The normalized spacial score (nSPS) is 14.0. The minimum Gasteiger partial charge on any atom is -0.208 e. The Kier molecular flexibility index (Phi) is 7.17. The predicted octanol–water partition coefficient (Wildman–Crippen LogP) is 4.65. The van der Waals surface area contributed by atoms with Crippen LogP contribution in [0.1, 0.15) is 82.9 Å². The summed E-state index contributed by atoms with van der Waals surface area (Å²) < 4.78 is 28.7. The van der Waals surface area contributed by atoms with Crippen LogP contribution in [-0.2, 0) is 10.0 Å². The van der Waals surface area contributed by atoms with Crippen LogP contribution < -0.4 is 4.72 Å². The maximum atomic E-state index is 13.0. The molecular formula is C18H31NO2S2. The van der Waals surface area contributed by atoms with Crippen LogP contribution in [-0.4, -0.2) is 20.2 Å². The number of benzene rings is 1. The van der Waals surface area contributed by atoms with E-state index in [0.29, 0.717) is 16.6 Å². The molecule has 0 amide bonds. The van der Waals surface area contributed by atoms with E-state index in [1.807, 2.05) is 34.6 Å². The quantitative estimate of drug-likeness (QED) is 0.698. The van der Waals surface area contributed by atoms with Gasteiger partial charge < -0.3 is 0 Å². The first-order valence-corrected chi connectivity index (χ1v) is 10.4. The molecule has 132 valence electrons. The molecule has 0 bridgehead atoms. The van der Waals surface area contributed by atoms with Crippen molar-refractivity contribution in [2.45, 2.75) is 77.2 Å². The van der Waals surface area contributed by atoms with Gasteiger partial charge in [-0.1, -0.05) is 53.7 Å². The lowest BCUT2D eigenvalue weighted by Gasteiger charge is -2.24. The minimum atomic E-state index is -3.56. The van der Waals surface area contributed by atoms with Crippen LogP contribution >= 0.6 is 12.6 Å². The molecule has 0 spiro atoms. The largest absolute Gasteiger partial charge is 0.241 e. The zero-order valence-corrected chi connectivity index (χ0v) is 17.1. The van der Waals surface area contributed by atoms with Crippen LogP contribution in [0.5, 0.6) is 0 Å². The number of nitrogens with one attached hydrogen (secondary N) is 1. The molecule has 0 radical (unpaired) electrons. The zero-order valence-electron chi connectivity index (χ0n) is 15.3. The second kappa shape index (κ2) is 8.04. The molecule has 0 aromatic heterocycles. The number of rotatable bonds is 7.